The molecule has 0 spiro atoms. The molecule has 2 aromatic carbocycles. The molecule has 0 aliphatic carbocycles. The number of anilines is 1. The molecule has 2 amide bonds. The molecule has 1 aliphatic heterocycles. The van der Waals surface area contributed by atoms with E-state index in [9.17, 15) is 18.8 Å². The van der Waals surface area contributed by atoms with Crippen LogP contribution in [0.4, 0.5) is 10.1 Å². The molecule has 6 nitrogen and oxygen atoms in total. The van der Waals surface area contributed by atoms with Gasteiger partial charge in [-0.15, -0.1) is 0 Å². The normalized spacial score (nSPS) is 16.7. The maximum Gasteiger partial charge on any atom is 0.303 e. The predicted octanol–water partition coefficient (Wildman–Crippen LogP) is 2.77. The van der Waals surface area contributed by atoms with Crippen LogP contribution in [0.3, 0.4) is 0 Å². The number of rotatable bonds is 6. The highest BCUT2D eigenvalue weighted by atomic mass is 19.1. The number of nitrogens with zero attached hydrogens (tertiary/aromatic N) is 1. The summed E-state index contributed by atoms with van der Waals surface area (Å²) in [6.45, 7) is 0.390. The number of hydrogen-bond acceptors (Lipinski definition) is 3. The lowest BCUT2D eigenvalue weighted by Gasteiger charge is -2.33. The zero-order valence-corrected chi connectivity index (χ0v) is 15.2. The number of hydrogen-bond donors (Lipinski definition) is 2. The number of carbonyl (C=O) groups is 3. The maximum absolute atomic E-state index is 14.1. The molecule has 3 rings (SSSR count). The lowest BCUT2D eigenvalue weighted by atomic mass is 10.00. The number of nitrogens with one attached hydrogen (secondary N) is 1. The minimum Gasteiger partial charge on any atom is -0.481 e. The van der Waals surface area contributed by atoms with Gasteiger partial charge in [-0.3, -0.25) is 14.4 Å². The number of carboxylic acids is 1. The van der Waals surface area contributed by atoms with E-state index in [4.69, 9.17) is 5.11 Å². The third kappa shape index (κ3) is 4.36. The summed E-state index contributed by atoms with van der Waals surface area (Å²) in [5.74, 6) is -2.22. The Labute approximate surface area is 162 Å². The van der Waals surface area contributed by atoms with Gasteiger partial charge in [0, 0.05) is 18.5 Å². The van der Waals surface area contributed by atoms with Crippen LogP contribution in [0, 0.1) is 5.82 Å². The van der Waals surface area contributed by atoms with Crippen molar-refractivity contribution in [2.75, 3.05) is 11.4 Å². The Morgan fingerprint density at radius 3 is 2.61 bits per heavy atom. The van der Waals surface area contributed by atoms with Crippen molar-refractivity contribution < 1.29 is 23.9 Å². The number of halogens is 1. The summed E-state index contributed by atoms with van der Waals surface area (Å²) in [6.07, 6.45) is 1.23. The summed E-state index contributed by atoms with van der Waals surface area (Å²) >= 11 is 0. The van der Waals surface area contributed by atoms with E-state index in [0.717, 1.165) is 0 Å². The monoisotopic (exact) mass is 384 g/mol. The molecule has 28 heavy (non-hydrogen) atoms. The molecule has 2 aromatic rings. The van der Waals surface area contributed by atoms with Crippen molar-refractivity contribution in [2.24, 2.45) is 0 Å². The summed E-state index contributed by atoms with van der Waals surface area (Å²) in [5.41, 5.74) is 1.16. The predicted molar refractivity (Wildman–Crippen MR) is 102 cm³/mol. The van der Waals surface area contributed by atoms with Crippen LogP contribution < -0.4 is 10.2 Å². The van der Waals surface area contributed by atoms with Gasteiger partial charge in [-0.05, 0) is 43.0 Å². The van der Waals surface area contributed by atoms with Gasteiger partial charge in [-0.2, -0.15) is 0 Å². The highest BCUT2D eigenvalue weighted by Gasteiger charge is 2.32. The molecule has 0 radical (unpaired) electrons. The summed E-state index contributed by atoms with van der Waals surface area (Å²) in [5, 5.41) is 11.6. The van der Waals surface area contributed by atoms with Crippen LogP contribution in [0.15, 0.2) is 48.5 Å². The molecule has 0 saturated carbocycles. The second-order valence-electron chi connectivity index (χ2n) is 6.66. The summed E-state index contributed by atoms with van der Waals surface area (Å²) in [4.78, 5) is 37.7. The average molecular weight is 384 g/mol. The smallest absolute Gasteiger partial charge is 0.303 e. The number of piperidine rings is 1. The van der Waals surface area contributed by atoms with E-state index in [0.29, 0.717) is 30.5 Å². The van der Waals surface area contributed by atoms with Gasteiger partial charge in [0.1, 0.15) is 11.9 Å². The molecule has 1 heterocycles. The van der Waals surface area contributed by atoms with E-state index in [1.807, 2.05) is 0 Å². The lowest BCUT2D eigenvalue weighted by molar-refractivity contribution is -0.137. The van der Waals surface area contributed by atoms with E-state index in [1.54, 1.807) is 42.5 Å². The Hall–Kier alpha value is -3.22. The van der Waals surface area contributed by atoms with Crippen molar-refractivity contribution in [3.8, 4) is 0 Å². The molecular formula is C21H21FN2O4. The van der Waals surface area contributed by atoms with E-state index < -0.39 is 23.7 Å². The molecule has 1 atom stereocenters. The van der Waals surface area contributed by atoms with Gasteiger partial charge in [0.05, 0.1) is 5.69 Å². The Morgan fingerprint density at radius 2 is 1.86 bits per heavy atom. The molecular weight excluding hydrogens is 363 g/mol. The van der Waals surface area contributed by atoms with E-state index in [-0.39, 0.29) is 24.4 Å². The fourth-order valence-corrected chi connectivity index (χ4v) is 3.36. The first-order chi connectivity index (χ1) is 13.5. The van der Waals surface area contributed by atoms with Crippen molar-refractivity contribution in [2.45, 2.75) is 31.7 Å². The van der Waals surface area contributed by atoms with Gasteiger partial charge >= 0.3 is 5.97 Å². The fraction of sp³-hybridized carbons (Fsp3) is 0.286. The summed E-state index contributed by atoms with van der Waals surface area (Å²) in [7, 11) is 0. The van der Waals surface area contributed by atoms with Crippen LogP contribution in [0.5, 0.6) is 0 Å². The van der Waals surface area contributed by atoms with Crippen LogP contribution in [0.1, 0.15) is 35.2 Å². The van der Waals surface area contributed by atoms with Crippen LogP contribution in [0.2, 0.25) is 0 Å². The van der Waals surface area contributed by atoms with Crippen molar-refractivity contribution in [3.63, 3.8) is 0 Å². The standard InChI is InChI=1S/C21H21FN2O4/c22-16-8-3-4-10-18(16)24-13-5-9-17(21(24)28)23-20(27)15-7-2-1-6-14(15)11-12-19(25)26/h1-4,6-8,10,17H,5,9,11-13H2,(H,23,27)(H,25,26). The van der Waals surface area contributed by atoms with Crippen molar-refractivity contribution in [3.05, 3.63) is 65.5 Å². The quantitative estimate of drug-likeness (QED) is 0.802. The number of aliphatic carboxylic acids is 1. The molecule has 146 valence electrons. The van der Waals surface area contributed by atoms with E-state index >= 15 is 0 Å². The second-order valence-corrected chi connectivity index (χ2v) is 6.66. The third-order valence-corrected chi connectivity index (χ3v) is 4.76. The van der Waals surface area contributed by atoms with Crippen LogP contribution >= 0.6 is 0 Å². The minimum absolute atomic E-state index is 0.0896. The molecule has 2 N–H and O–H groups in total. The topological polar surface area (TPSA) is 86.7 Å². The lowest BCUT2D eigenvalue weighted by Crippen LogP contribution is -2.52. The number of carbonyl (C=O) groups excluding carboxylic acids is 2. The summed E-state index contributed by atoms with van der Waals surface area (Å²) < 4.78 is 14.1. The Kier molecular flexibility index (Phi) is 6.03. The first kappa shape index (κ1) is 19.5. The van der Waals surface area contributed by atoms with E-state index in [1.165, 1.54) is 11.0 Å². The molecule has 1 unspecified atom stereocenters. The van der Waals surface area contributed by atoms with Gasteiger partial charge in [-0.25, -0.2) is 4.39 Å². The van der Waals surface area contributed by atoms with E-state index in [2.05, 4.69) is 5.32 Å². The average Bonchev–Trinajstić information content (AvgIpc) is 2.69. The van der Waals surface area contributed by atoms with Gasteiger partial charge in [0.2, 0.25) is 5.91 Å². The first-order valence-corrected chi connectivity index (χ1v) is 9.14. The highest BCUT2D eigenvalue weighted by Crippen LogP contribution is 2.24. The fourth-order valence-electron chi connectivity index (χ4n) is 3.36. The van der Waals surface area contributed by atoms with Gasteiger partial charge in [0.15, 0.2) is 0 Å². The number of benzene rings is 2. The molecule has 0 bridgehead atoms. The Bertz CT molecular complexity index is 899. The Balaban J connectivity index is 1.75. The van der Waals surface area contributed by atoms with Gasteiger partial charge < -0.3 is 15.3 Å². The van der Waals surface area contributed by atoms with Crippen molar-refractivity contribution in [1.82, 2.24) is 5.32 Å². The molecule has 1 fully saturated rings. The van der Waals surface area contributed by atoms with Crippen LogP contribution in [0.25, 0.3) is 0 Å². The zero-order valence-electron chi connectivity index (χ0n) is 15.2. The SMILES string of the molecule is O=C(O)CCc1ccccc1C(=O)NC1CCCN(c2ccccc2F)C1=O. The number of aryl methyl sites for hydroxylation is 1. The molecule has 0 aromatic heterocycles. The van der Waals surface area contributed by atoms with Crippen LogP contribution in [-0.2, 0) is 16.0 Å². The molecule has 1 aliphatic rings. The highest BCUT2D eigenvalue weighted by molar-refractivity contribution is 6.03. The number of amides is 2. The van der Waals surface area contributed by atoms with Gasteiger partial charge in [-0.1, -0.05) is 30.3 Å². The molecule has 7 heteroatoms. The second kappa shape index (κ2) is 8.65. The molecule has 1 saturated heterocycles. The van der Waals surface area contributed by atoms with Crippen molar-refractivity contribution >= 4 is 23.5 Å². The summed E-state index contributed by atoms with van der Waals surface area (Å²) in [6, 6.07) is 12.0. The number of carboxylic acid groups (broad SMARTS) is 1. The zero-order chi connectivity index (χ0) is 20.1. The largest absolute Gasteiger partial charge is 0.481 e. The first-order valence-electron chi connectivity index (χ1n) is 9.14. The Morgan fingerprint density at radius 1 is 1.14 bits per heavy atom. The van der Waals surface area contributed by atoms with Gasteiger partial charge in [0.25, 0.3) is 5.91 Å². The van der Waals surface area contributed by atoms with Crippen molar-refractivity contribution in [1.29, 1.82) is 0 Å². The number of para-hydroxylation sites is 1. The third-order valence-electron chi connectivity index (χ3n) is 4.76. The van der Waals surface area contributed by atoms with Crippen LogP contribution in [-0.4, -0.2) is 35.5 Å². The minimum atomic E-state index is -0.946. The maximum atomic E-state index is 14.1.